The van der Waals surface area contributed by atoms with Gasteiger partial charge in [-0.15, -0.1) is 0 Å². The molecule has 6 N–H and O–H groups in total. The number of hydrogen-bond acceptors (Lipinski definition) is 12. The van der Waals surface area contributed by atoms with E-state index in [1.165, 1.54) is 18.0 Å². The molecule has 0 bridgehead atoms. The first-order chi connectivity index (χ1) is 18.8. The predicted molar refractivity (Wildman–Crippen MR) is 139 cm³/mol. The van der Waals surface area contributed by atoms with Crippen molar-refractivity contribution >= 4 is 35.0 Å². The maximum Gasteiger partial charge on any atom is 0.417 e. The van der Waals surface area contributed by atoms with E-state index in [1.54, 1.807) is 45.0 Å². The number of anilines is 1. The van der Waals surface area contributed by atoms with Gasteiger partial charge in [-0.1, -0.05) is 12.1 Å². The Morgan fingerprint density at radius 2 is 1.85 bits per heavy atom. The fraction of sp³-hybridized carbons (Fsp3) is 0.440. The molecule has 15 heteroatoms. The number of carboxylic acid groups (broad SMARTS) is 1. The normalized spacial score (nSPS) is 21.6. The molecule has 4 rings (SSSR count). The van der Waals surface area contributed by atoms with Crippen LogP contribution in [0.5, 0.6) is 5.75 Å². The average Bonchev–Trinajstić information content (AvgIpc) is 3.46. The van der Waals surface area contributed by atoms with E-state index in [9.17, 15) is 24.6 Å². The minimum Gasteiger partial charge on any atom is -0.497 e. The molecule has 0 saturated carbocycles. The van der Waals surface area contributed by atoms with Crippen molar-refractivity contribution in [1.29, 1.82) is 0 Å². The van der Waals surface area contributed by atoms with Crippen LogP contribution < -0.4 is 16.2 Å². The number of methoxy groups -OCH3 is 1. The zero-order valence-corrected chi connectivity index (χ0v) is 22.3. The van der Waals surface area contributed by atoms with Crippen molar-refractivity contribution in [3.63, 3.8) is 0 Å². The van der Waals surface area contributed by atoms with Gasteiger partial charge in [-0.05, 0) is 44.9 Å². The molecule has 0 unspecified atom stereocenters. The monoisotopic (exact) mass is 557 g/mol. The molecule has 15 nitrogen and oxygen atoms in total. The van der Waals surface area contributed by atoms with Gasteiger partial charge in [0.25, 0.3) is 0 Å². The third-order valence-corrected chi connectivity index (χ3v) is 6.20. The van der Waals surface area contributed by atoms with Crippen LogP contribution in [0.3, 0.4) is 0 Å². The Morgan fingerprint density at radius 3 is 2.45 bits per heavy atom. The summed E-state index contributed by atoms with van der Waals surface area (Å²) in [4.78, 5) is 52.0. The van der Waals surface area contributed by atoms with Crippen LogP contribution in [0.2, 0.25) is 0 Å². The number of nitrogens with two attached hydrogens (primary N) is 2. The molecule has 5 atom stereocenters. The van der Waals surface area contributed by atoms with Crippen LogP contribution in [0.4, 0.5) is 10.6 Å². The predicted octanol–water partition coefficient (Wildman–Crippen LogP) is 0.462. The number of carbonyl (C=O) groups is 3. The molecule has 214 valence electrons. The lowest BCUT2D eigenvalue weighted by Crippen LogP contribution is -2.59. The third kappa shape index (κ3) is 5.66. The van der Waals surface area contributed by atoms with Crippen molar-refractivity contribution in [1.82, 2.24) is 24.4 Å². The summed E-state index contributed by atoms with van der Waals surface area (Å²) in [6.07, 6.45) is -3.81. The SMILES string of the molecule is COc1ccc(C[C@H](N)C(=O)N(C(=O)OC(C)(C)C)[C@H]2[C@@H](O)[C@H](n3cnc4c(N)ncnc43)O[C@@H]2C(=O)O)cc1. The zero-order chi connectivity index (χ0) is 29.4. The Bertz CT molecular complexity index is 1400. The number of fused-ring (bicyclic) bond motifs is 1. The second-order valence-electron chi connectivity index (χ2n) is 10.2. The summed E-state index contributed by atoms with van der Waals surface area (Å²) in [5.74, 6) is -1.85. The van der Waals surface area contributed by atoms with Crippen molar-refractivity contribution < 1.29 is 38.8 Å². The number of imidazole rings is 1. The fourth-order valence-corrected chi connectivity index (χ4v) is 4.39. The molecule has 0 spiro atoms. The minimum absolute atomic E-state index is 0.00464. The quantitative estimate of drug-likeness (QED) is 0.311. The van der Waals surface area contributed by atoms with Gasteiger partial charge in [-0.25, -0.2) is 29.4 Å². The Kier molecular flexibility index (Phi) is 7.91. The van der Waals surface area contributed by atoms with Crippen LogP contribution >= 0.6 is 0 Å². The van der Waals surface area contributed by atoms with Crippen LogP contribution in [0.25, 0.3) is 11.2 Å². The van der Waals surface area contributed by atoms with Crippen LogP contribution in [0, 0.1) is 0 Å². The van der Waals surface area contributed by atoms with Gasteiger partial charge in [0.15, 0.2) is 23.8 Å². The molecular formula is C25H31N7O8. The van der Waals surface area contributed by atoms with E-state index < -0.39 is 54.1 Å². The first-order valence-electron chi connectivity index (χ1n) is 12.3. The summed E-state index contributed by atoms with van der Waals surface area (Å²) in [7, 11) is 1.51. The van der Waals surface area contributed by atoms with Crippen molar-refractivity contribution in [3.05, 3.63) is 42.5 Å². The molecule has 3 heterocycles. The first-order valence-corrected chi connectivity index (χ1v) is 12.3. The second-order valence-corrected chi connectivity index (χ2v) is 10.2. The van der Waals surface area contributed by atoms with Crippen molar-refractivity contribution in [2.45, 2.75) is 63.3 Å². The zero-order valence-electron chi connectivity index (χ0n) is 22.3. The number of imide groups is 1. The summed E-state index contributed by atoms with van der Waals surface area (Å²) in [6, 6.07) is 3.75. The highest BCUT2D eigenvalue weighted by atomic mass is 16.6. The van der Waals surface area contributed by atoms with Gasteiger partial charge >= 0.3 is 12.1 Å². The smallest absolute Gasteiger partial charge is 0.417 e. The molecule has 1 saturated heterocycles. The Morgan fingerprint density at radius 1 is 1.18 bits per heavy atom. The summed E-state index contributed by atoms with van der Waals surface area (Å²) < 4.78 is 17.5. The van der Waals surface area contributed by atoms with Gasteiger partial charge in [0.2, 0.25) is 5.91 Å². The van der Waals surface area contributed by atoms with Gasteiger partial charge in [-0.3, -0.25) is 9.36 Å². The molecule has 3 aromatic rings. The summed E-state index contributed by atoms with van der Waals surface area (Å²) in [6.45, 7) is 4.73. The van der Waals surface area contributed by atoms with E-state index in [2.05, 4.69) is 15.0 Å². The minimum atomic E-state index is -1.85. The molecule has 40 heavy (non-hydrogen) atoms. The fourth-order valence-electron chi connectivity index (χ4n) is 4.39. The molecule has 1 aromatic carbocycles. The molecule has 1 fully saturated rings. The van der Waals surface area contributed by atoms with Crippen molar-refractivity contribution in [3.8, 4) is 5.75 Å². The number of nitrogens with zero attached hydrogens (tertiary/aromatic N) is 5. The number of carbonyl (C=O) groups excluding carboxylic acids is 2. The number of benzene rings is 1. The Labute approximate surface area is 228 Å². The highest BCUT2D eigenvalue weighted by Gasteiger charge is 2.55. The summed E-state index contributed by atoms with van der Waals surface area (Å²) in [5, 5.41) is 21.4. The van der Waals surface area contributed by atoms with Gasteiger partial charge in [-0.2, -0.15) is 0 Å². The number of rotatable bonds is 7. The lowest BCUT2D eigenvalue weighted by Gasteiger charge is -2.34. The average molecular weight is 558 g/mol. The van der Waals surface area contributed by atoms with Gasteiger partial charge in [0.1, 0.15) is 35.3 Å². The van der Waals surface area contributed by atoms with Gasteiger partial charge in [0, 0.05) is 0 Å². The van der Waals surface area contributed by atoms with E-state index >= 15 is 0 Å². The third-order valence-electron chi connectivity index (χ3n) is 6.20. The number of hydrogen-bond donors (Lipinski definition) is 4. The second kappa shape index (κ2) is 11.0. The number of aliphatic hydroxyl groups is 1. The molecule has 2 amide bonds. The van der Waals surface area contributed by atoms with E-state index in [-0.39, 0.29) is 23.4 Å². The lowest BCUT2D eigenvalue weighted by atomic mass is 10.0. The standard InChI is InChI=1S/C25H31N7O8/c1-25(2,3)40-24(37)32(21(34)14(26)9-12-5-7-13(38-4)8-6-12)16-17(33)22(39-18(16)23(35)36)31-11-30-15-19(27)28-10-29-20(15)31/h5-8,10-11,14,16-18,22,33H,9,26H2,1-4H3,(H,35,36)(H2,27,28,29)/t14-,16-,17+,18-,22+/m0/s1. The number of aliphatic hydroxyl groups excluding tert-OH is 1. The number of aromatic nitrogens is 4. The summed E-state index contributed by atoms with van der Waals surface area (Å²) >= 11 is 0. The van der Waals surface area contributed by atoms with Crippen molar-refractivity contribution in [2.24, 2.45) is 5.73 Å². The van der Waals surface area contributed by atoms with Gasteiger partial charge in [0.05, 0.1) is 19.5 Å². The molecule has 0 aliphatic carbocycles. The molecule has 2 aromatic heterocycles. The Hall–Kier alpha value is -4.34. The highest BCUT2D eigenvalue weighted by molar-refractivity contribution is 5.96. The summed E-state index contributed by atoms with van der Waals surface area (Å²) in [5.41, 5.74) is 12.0. The number of carboxylic acids is 1. The van der Waals surface area contributed by atoms with Crippen molar-refractivity contribution in [2.75, 3.05) is 12.8 Å². The van der Waals surface area contributed by atoms with E-state index in [0.29, 0.717) is 16.2 Å². The highest BCUT2D eigenvalue weighted by Crippen LogP contribution is 2.36. The molecular weight excluding hydrogens is 526 g/mol. The Balaban J connectivity index is 1.71. The maximum absolute atomic E-state index is 13.7. The largest absolute Gasteiger partial charge is 0.497 e. The first kappa shape index (κ1) is 28.7. The molecule has 1 aliphatic rings. The van der Waals surface area contributed by atoms with E-state index in [1.807, 2.05) is 0 Å². The molecule has 0 radical (unpaired) electrons. The number of ether oxygens (including phenoxy) is 3. The van der Waals surface area contributed by atoms with Crippen LogP contribution in [0.15, 0.2) is 36.9 Å². The number of nitrogen functional groups attached to an aromatic ring is 1. The lowest BCUT2D eigenvalue weighted by molar-refractivity contribution is -0.154. The van der Waals surface area contributed by atoms with Crippen LogP contribution in [-0.4, -0.2) is 89.6 Å². The van der Waals surface area contributed by atoms with Crippen LogP contribution in [-0.2, 0) is 25.5 Å². The molecule has 1 aliphatic heterocycles. The maximum atomic E-state index is 13.7. The van der Waals surface area contributed by atoms with E-state index in [0.717, 1.165) is 6.33 Å². The van der Waals surface area contributed by atoms with Crippen LogP contribution in [0.1, 0.15) is 32.6 Å². The van der Waals surface area contributed by atoms with Gasteiger partial charge < -0.3 is 35.9 Å². The number of amides is 2. The van der Waals surface area contributed by atoms with E-state index in [4.69, 9.17) is 25.7 Å². The number of aliphatic carboxylic acids is 1. The topological polar surface area (TPSA) is 218 Å².